The zero-order valence-electron chi connectivity index (χ0n) is 11.7. The molecule has 4 heteroatoms. The number of aromatic nitrogens is 3. The third-order valence-corrected chi connectivity index (χ3v) is 3.60. The standard InChI is InChI=1S/C16H18N4/c1-3-20-15(9-11(2)19-20)16(17)14-6-4-5-12-10-18-8-7-13(12)14/h4-10,16H,3,17H2,1-2H3. The quantitative estimate of drug-likeness (QED) is 0.793. The van der Waals surface area contributed by atoms with E-state index in [2.05, 4.69) is 35.2 Å². The first-order valence-corrected chi connectivity index (χ1v) is 6.83. The van der Waals surface area contributed by atoms with Crippen molar-refractivity contribution >= 4 is 10.8 Å². The van der Waals surface area contributed by atoms with Crippen LogP contribution in [0.15, 0.2) is 42.7 Å². The van der Waals surface area contributed by atoms with Crippen molar-refractivity contribution in [3.05, 3.63) is 59.7 Å². The van der Waals surface area contributed by atoms with Crippen LogP contribution in [0, 0.1) is 6.92 Å². The first-order valence-electron chi connectivity index (χ1n) is 6.83. The first kappa shape index (κ1) is 12.8. The molecule has 0 saturated heterocycles. The Hall–Kier alpha value is -2.20. The van der Waals surface area contributed by atoms with Gasteiger partial charge in [-0.25, -0.2) is 0 Å². The molecule has 3 aromatic rings. The summed E-state index contributed by atoms with van der Waals surface area (Å²) in [6.45, 7) is 4.90. The summed E-state index contributed by atoms with van der Waals surface area (Å²) in [5.74, 6) is 0. The molecule has 1 atom stereocenters. The van der Waals surface area contributed by atoms with Gasteiger partial charge in [0.2, 0.25) is 0 Å². The van der Waals surface area contributed by atoms with E-state index in [4.69, 9.17) is 5.73 Å². The van der Waals surface area contributed by atoms with Crippen molar-refractivity contribution in [2.75, 3.05) is 0 Å². The van der Waals surface area contributed by atoms with E-state index in [9.17, 15) is 0 Å². The molecule has 1 unspecified atom stereocenters. The van der Waals surface area contributed by atoms with Gasteiger partial charge in [0, 0.05) is 24.3 Å². The van der Waals surface area contributed by atoms with Gasteiger partial charge < -0.3 is 5.73 Å². The number of benzene rings is 1. The average molecular weight is 266 g/mol. The summed E-state index contributed by atoms with van der Waals surface area (Å²) in [6, 6.07) is 10.1. The lowest BCUT2D eigenvalue weighted by Gasteiger charge is -2.16. The van der Waals surface area contributed by atoms with Gasteiger partial charge in [-0.2, -0.15) is 5.10 Å². The minimum absolute atomic E-state index is 0.178. The molecule has 102 valence electrons. The van der Waals surface area contributed by atoms with Crippen molar-refractivity contribution < 1.29 is 0 Å². The number of fused-ring (bicyclic) bond motifs is 1. The van der Waals surface area contributed by atoms with Gasteiger partial charge >= 0.3 is 0 Å². The lowest BCUT2D eigenvalue weighted by molar-refractivity contribution is 0.598. The first-order chi connectivity index (χ1) is 9.70. The van der Waals surface area contributed by atoms with Crippen LogP contribution in [0.4, 0.5) is 0 Å². The van der Waals surface area contributed by atoms with Crippen molar-refractivity contribution in [2.24, 2.45) is 5.73 Å². The summed E-state index contributed by atoms with van der Waals surface area (Å²) in [5.41, 5.74) is 9.65. The summed E-state index contributed by atoms with van der Waals surface area (Å²) in [5, 5.41) is 6.74. The van der Waals surface area contributed by atoms with Crippen LogP contribution in [0.1, 0.15) is 29.9 Å². The van der Waals surface area contributed by atoms with Gasteiger partial charge in [0.15, 0.2) is 0 Å². The van der Waals surface area contributed by atoms with Gasteiger partial charge in [-0.3, -0.25) is 9.67 Å². The molecule has 20 heavy (non-hydrogen) atoms. The van der Waals surface area contributed by atoms with E-state index in [1.54, 1.807) is 6.20 Å². The molecule has 0 aliphatic carbocycles. The molecule has 2 N–H and O–H groups in total. The second kappa shape index (κ2) is 5.06. The van der Waals surface area contributed by atoms with Gasteiger partial charge in [0.25, 0.3) is 0 Å². The SMILES string of the molecule is CCn1nc(C)cc1C(N)c1cccc2cnccc12. The van der Waals surface area contributed by atoms with Crippen LogP contribution in [-0.4, -0.2) is 14.8 Å². The van der Waals surface area contributed by atoms with Gasteiger partial charge in [0.1, 0.15) is 0 Å². The number of aryl methyl sites for hydroxylation is 2. The molecule has 0 amide bonds. The topological polar surface area (TPSA) is 56.7 Å². The van der Waals surface area contributed by atoms with Crippen molar-refractivity contribution in [3.8, 4) is 0 Å². The van der Waals surface area contributed by atoms with E-state index in [0.717, 1.165) is 34.3 Å². The predicted octanol–water partition coefficient (Wildman–Crippen LogP) is 2.81. The Morgan fingerprint density at radius 3 is 2.95 bits per heavy atom. The Labute approximate surface area is 118 Å². The fourth-order valence-corrected chi connectivity index (χ4v) is 2.65. The maximum atomic E-state index is 6.49. The molecular formula is C16H18N4. The lowest BCUT2D eigenvalue weighted by atomic mass is 9.98. The molecule has 1 aromatic carbocycles. The molecular weight excluding hydrogens is 248 g/mol. The fraction of sp³-hybridized carbons (Fsp3) is 0.250. The normalized spacial score (nSPS) is 12.8. The van der Waals surface area contributed by atoms with Crippen LogP contribution in [0.3, 0.4) is 0 Å². The van der Waals surface area contributed by atoms with Gasteiger partial charge in [-0.1, -0.05) is 18.2 Å². The predicted molar refractivity (Wildman–Crippen MR) is 80.4 cm³/mol. The highest BCUT2D eigenvalue weighted by molar-refractivity contribution is 5.85. The molecule has 0 fully saturated rings. The fourth-order valence-electron chi connectivity index (χ4n) is 2.65. The molecule has 0 bridgehead atoms. The second-order valence-electron chi connectivity index (χ2n) is 4.95. The van der Waals surface area contributed by atoms with Crippen LogP contribution in [-0.2, 0) is 6.54 Å². The molecule has 2 aromatic heterocycles. The van der Waals surface area contributed by atoms with Crippen LogP contribution in [0.25, 0.3) is 10.8 Å². The highest BCUT2D eigenvalue weighted by Crippen LogP contribution is 2.27. The van der Waals surface area contributed by atoms with Crippen LogP contribution in [0.2, 0.25) is 0 Å². The third-order valence-electron chi connectivity index (χ3n) is 3.60. The van der Waals surface area contributed by atoms with Crippen molar-refractivity contribution in [3.63, 3.8) is 0 Å². The average Bonchev–Trinajstić information content (AvgIpc) is 2.87. The molecule has 0 spiro atoms. The summed E-state index contributed by atoms with van der Waals surface area (Å²) < 4.78 is 1.97. The third kappa shape index (κ3) is 2.08. The molecule has 0 radical (unpaired) electrons. The van der Waals surface area contributed by atoms with Crippen LogP contribution in [0.5, 0.6) is 0 Å². The lowest BCUT2D eigenvalue weighted by Crippen LogP contribution is -2.17. The Balaban J connectivity index is 2.15. The minimum Gasteiger partial charge on any atom is -0.319 e. The number of pyridine rings is 1. The Morgan fingerprint density at radius 2 is 2.15 bits per heavy atom. The number of hydrogen-bond donors (Lipinski definition) is 1. The maximum Gasteiger partial charge on any atom is 0.0729 e. The minimum atomic E-state index is -0.178. The summed E-state index contributed by atoms with van der Waals surface area (Å²) in [6.07, 6.45) is 3.68. The summed E-state index contributed by atoms with van der Waals surface area (Å²) in [4.78, 5) is 4.17. The number of rotatable bonds is 3. The number of nitrogens with zero attached hydrogens (tertiary/aromatic N) is 3. The van der Waals surface area contributed by atoms with Crippen LogP contribution < -0.4 is 5.73 Å². The molecule has 0 aliphatic rings. The Morgan fingerprint density at radius 1 is 1.30 bits per heavy atom. The molecule has 2 heterocycles. The van der Waals surface area contributed by atoms with E-state index in [1.807, 2.05) is 29.9 Å². The number of nitrogens with two attached hydrogens (primary N) is 1. The summed E-state index contributed by atoms with van der Waals surface area (Å²) in [7, 11) is 0. The Kier molecular flexibility index (Phi) is 3.24. The highest BCUT2D eigenvalue weighted by atomic mass is 15.3. The van der Waals surface area contributed by atoms with Gasteiger partial charge in [-0.05, 0) is 36.9 Å². The zero-order chi connectivity index (χ0) is 14.1. The smallest absolute Gasteiger partial charge is 0.0729 e. The van der Waals surface area contributed by atoms with Crippen molar-refractivity contribution in [1.82, 2.24) is 14.8 Å². The van der Waals surface area contributed by atoms with Gasteiger partial charge in [-0.15, -0.1) is 0 Å². The van der Waals surface area contributed by atoms with E-state index < -0.39 is 0 Å². The molecule has 0 saturated carbocycles. The largest absolute Gasteiger partial charge is 0.319 e. The van der Waals surface area contributed by atoms with Crippen molar-refractivity contribution in [1.29, 1.82) is 0 Å². The summed E-state index contributed by atoms with van der Waals surface area (Å²) >= 11 is 0. The molecule has 4 nitrogen and oxygen atoms in total. The molecule has 0 aliphatic heterocycles. The highest BCUT2D eigenvalue weighted by Gasteiger charge is 2.16. The van der Waals surface area contributed by atoms with E-state index >= 15 is 0 Å². The number of hydrogen-bond acceptors (Lipinski definition) is 3. The van der Waals surface area contributed by atoms with E-state index in [1.165, 1.54) is 0 Å². The monoisotopic (exact) mass is 266 g/mol. The molecule has 3 rings (SSSR count). The second-order valence-corrected chi connectivity index (χ2v) is 4.95. The van der Waals surface area contributed by atoms with Crippen LogP contribution >= 0.6 is 0 Å². The van der Waals surface area contributed by atoms with Crippen molar-refractivity contribution in [2.45, 2.75) is 26.4 Å². The van der Waals surface area contributed by atoms with E-state index in [-0.39, 0.29) is 6.04 Å². The van der Waals surface area contributed by atoms with E-state index in [0.29, 0.717) is 0 Å². The maximum absolute atomic E-state index is 6.49. The zero-order valence-corrected chi connectivity index (χ0v) is 11.7. The Bertz CT molecular complexity index is 740. The van der Waals surface area contributed by atoms with Gasteiger partial charge in [0.05, 0.1) is 17.4 Å².